The van der Waals surface area contributed by atoms with Gasteiger partial charge in [0, 0.05) is 6.61 Å². The monoisotopic (exact) mass is 594 g/mol. The summed E-state index contributed by atoms with van der Waals surface area (Å²) >= 11 is 0. The first-order chi connectivity index (χ1) is 19.4. The Labute approximate surface area is 248 Å². The van der Waals surface area contributed by atoms with E-state index < -0.39 is 16.5 Å². The maximum Gasteiger partial charge on any atom is 0.397 e. The molecule has 0 aromatic carbocycles. The summed E-state index contributed by atoms with van der Waals surface area (Å²) in [6.07, 6.45) is 28.9. The van der Waals surface area contributed by atoms with E-state index in [1.807, 2.05) is 0 Å². The minimum absolute atomic E-state index is 0.0657. The van der Waals surface area contributed by atoms with Crippen LogP contribution in [0.15, 0.2) is 0 Å². The minimum atomic E-state index is -4.57. The van der Waals surface area contributed by atoms with E-state index in [-0.39, 0.29) is 25.9 Å². The normalized spacial score (nSPS) is 13.6. The zero-order chi connectivity index (χ0) is 29.6. The van der Waals surface area contributed by atoms with Crippen LogP contribution in [0, 0.1) is 0 Å². The third-order valence-electron chi connectivity index (χ3n) is 7.64. The number of ether oxygens (including phenoxy) is 2. The highest BCUT2D eigenvalue weighted by atomic mass is 32.3. The molecule has 0 aliphatic carbocycles. The molecule has 7 nitrogen and oxygen atoms in total. The zero-order valence-corrected chi connectivity index (χ0v) is 27.1. The fourth-order valence-electron chi connectivity index (χ4n) is 5.18. The molecule has 0 heterocycles. The van der Waals surface area contributed by atoms with E-state index in [0.29, 0.717) is 6.61 Å². The summed E-state index contributed by atoms with van der Waals surface area (Å²) in [7, 11) is -4.57. The van der Waals surface area contributed by atoms with Crippen molar-refractivity contribution in [3.8, 4) is 0 Å². The minimum Gasteiger partial charge on any atom is -0.394 e. The second-order valence-electron chi connectivity index (χ2n) is 11.5. The lowest BCUT2D eigenvalue weighted by molar-refractivity contribution is -0.0981. The standard InChI is InChI=1S/C32H66O7S/c1-3-5-7-9-11-13-15-17-19-21-23-25-28-37-31(32(38-29-27-33)30-39-40(34,35)36)26-24-22-20-18-16-14-12-10-8-6-4-2/h31-33H,3-30H2,1-2H3,(H,34,35,36). The molecule has 40 heavy (non-hydrogen) atoms. The Morgan fingerprint density at radius 2 is 0.900 bits per heavy atom. The number of hydrogen-bond donors (Lipinski definition) is 2. The summed E-state index contributed by atoms with van der Waals surface area (Å²) in [6, 6.07) is 0. The second kappa shape index (κ2) is 30.2. The van der Waals surface area contributed by atoms with Crippen molar-refractivity contribution in [3.63, 3.8) is 0 Å². The molecule has 0 aliphatic rings. The molecular formula is C32H66O7S. The van der Waals surface area contributed by atoms with Gasteiger partial charge in [-0.25, -0.2) is 4.18 Å². The summed E-state index contributed by atoms with van der Waals surface area (Å²) < 4.78 is 47.9. The third-order valence-corrected chi connectivity index (χ3v) is 8.08. The smallest absolute Gasteiger partial charge is 0.394 e. The van der Waals surface area contributed by atoms with Gasteiger partial charge in [0.05, 0.1) is 25.9 Å². The lowest BCUT2D eigenvalue weighted by Crippen LogP contribution is -2.37. The van der Waals surface area contributed by atoms with Crippen LogP contribution >= 0.6 is 0 Å². The van der Waals surface area contributed by atoms with E-state index in [0.717, 1.165) is 32.1 Å². The molecule has 2 N–H and O–H groups in total. The van der Waals surface area contributed by atoms with Crippen molar-refractivity contribution in [1.82, 2.24) is 0 Å². The molecule has 0 bridgehead atoms. The molecule has 0 spiro atoms. The van der Waals surface area contributed by atoms with Gasteiger partial charge in [0.1, 0.15) is 6.10 Å². The lowest BCUT2D eigenvalue weighted by Gasteiger charge is -2.27. The van der Waals surface area contributed by atoms with Crippen molar-refractivity contribution in [2.75, 3.05) is 26.4 Å². The summed E-state index contributed by atoms with van der Waals surface area (Å²) in [6.45, 7) is 4.66. The van der Waals surface area contributed by atoms with Crippen LogP contribution in [0.4, 0.5) is 0 Å². The van der Waals surface area contributed by atoms with E-state index in [2.05, 4.69) is 18.0 Å². The molecule has 8 heteroatoms. The van der Waals surface area contributed by atoms with Gasteiger partial charge in [0.15, 0.2) is 0 Å². The van der Waals surface area contributed by atoms with Crippen LogP contribution in [0.1, 0.15) is 168 Å². The maximum absolute atomic E-state index is 11.2. The zero-order valence-electron chi connectivity index (χ0n) is 26.3. The third kappa shape index (κ3) is 29.2. The second-order valence-corrected chi connectivity index (χ2v) is 12.6. The Morgan fingerprint density at radius 1 is 0.525 bits per heavy atom. The highest BCUT2D eigenvalue weighted by Gasteiger charge is 2.25. The number of aliphatic hydroxyl groups is 1. The average molecular weight is 595 g/mol. The van der Waals surface area contributed by atoms with Crippen molar-refractivity contribution >= 4 is 10.4 Å². The predicted molar refractivity (Wildman–Crippen MR) is 166 cm³/mol. The van der Waals surface area contributed by atoms with Gasteiger partial charge in [-0.15, -0.1) is 0 Å². The summed E-state index contributed by atoms with van der Waals surface area (Å²) in [5, 5.41) is 9.23. The van der Waals surface area contributed by atoms with Crippen LogP contribution in [0.25, 0.3) is 0 Å². The Bertz CT molecular complexity index is 600. The molecular weight excluding hydrogens is 528 g/mol. The van der Waals surface area contributed by atoms with Gasteiger partial charge in [-0.05, 0) is 12.8 Å². The van der Waals surface area contributed by atoms with Crippen LogP contribution in [0.5, 0.6) is 0 Å². The molecule has 0 amide bonds. The SMILES string of the molecule is CCCCCCCCCCCCCCOC(CCCCCCCCCCCCC)C(COS(=O)(=O)O)OCCO. The predicted octanol–water partition coefficient (Wildman–Crippen LogP) is 8.97. The Morgan fingerprint density at radius 3 is 1.30 bits per heavy atom. The van der Waals surface area contributed by atoms with Gasteiger partial charge in [0.25, 0.3) is 0 Å². The van der Waals surface area contributed by atoms with Crippen LogP contribution < -0.4 is 0 Å². The van der Waals surface area contributed by atoms with E-state index in [1.165, 1.54) is 122 Å². The van der Waals surface area contributed by atoms with Crippen molar-refractivity contribution in [3.05, 3.63) is 0 Å². The lowest BCUT2D eigenvalue weighted by atomic mass is 10.0. The summed E-state index contributed by atoms with van der Waals surface area (Å²) in [5.74, 6) is 0. The van der Waals surface area contributed by atoms with Gasteiger partial charge in [0.2, 0.25) is 0 Å². The first kappa shape index (κ1) is 39.8. The molecule has 2 unspecified atom stereocenters. The number of hydrogen-bond acceptors (Lipinski definition) is 6. The van der Waals surface area contributed by atoms with E-state index in [1.54, 1.807) is 0 Å². The fourth-order valence-corrected chi connectivity index (χ4v) is 5.49. The number of rotatable bonds is 33. The topological polar surface area (TPSA) is 102 Å². The van der Waals surface area contributed by atoms with Crippen LogP contribution in [-0.2, 0) is 24.1 Å². The largest absolute Gasteiger partial charge is 0.397 e. The first-order valence-corrected chi connectivity index (χ1v) is 18.3. The molecule has 0 saturated heterocycles. The van der Waals surface area contributed by atoms with Crippen molar-refractivity contribution < 1.29 is 31.7 Å². The molecule has 0 aromatic heterocycles. The van der Waals surface area contributed by atoms with Gasteiger partial charge in [-0.1, -0.05) is 155 Å². The summed E-state index contributed by atoms with van der Waals surface area (Å²) in [4.78, 5) is 0. The van der Waals surface area contributed by atoms with Gasteiger partial charge in [-0.2, -0.15) is 8.42 Å². The molecule has 0 radical (unpaired) electrons. The van der Waals surface area contributed by atoms with Crippen molar-refractivity contribution in [1.29, 1.82) is 0 Å². The highest BCUT2D eigenvalue weighted by molar-refractivity contribution is 7.80. The molecule has 0 rings (SSSR count). The first-order valence-electron chi connectivity index (χ1n) is 16.9. The van der Waals surface area contributed by atoms with Gasteiger partial charge >= 0.3 is 10.4 Å². The van der Waals surface area contributed by atoms with Gasteiger partial charge < -0.3 is 14.6 Å². The van der Waals surface area contributed by atoms with Crippen LogP contribution in [0.2, 0.25) is 0 Å². The number of aliphatic hydroxyl groups excluding tert-OH is 1. The fraction of sp³-hybridized carbons (Fsp3) is 1.00. The average Bonchev–Trinajstić information content (AvgIpc) is 2.93. The molecule has 242 valence electrons. The van der Waals surface area contributed by atoms with E-state index >= 15 is 0 Å². The van der Waals surface area contributed by atoms with E-state index in [9.17, 15) is 13.5 Å². The summed E-state index contributed by atoms with van der Waals surface area (Å²) in [5.41, 5.74) is 0. The number of unbranched alkanes of at least 4 members (excludes halogenated alkanes) is 21. The Hall–Kier alpha value is -0.250. The molecule has 0 aromatic rings. The Balaban J connectivity index is 4.31. The maximum atomic E-state index is 11.2. The van der Waals surface area contributed by atoms with Crippen molar-refractivity contribution in [2.45, 2.75) is 180 Å². The molecule has 0 fully saturated rings. The molecule has 2 atom stereocenters. The Kier molecular flexibility index (Phi) is 30.0. The van der Waals surface area contributed by atoms with Gasteiger partial charge in [-0.3, -0.25) is 4.55 Å². The molecule has 0 aliphatic heterocycles. The van der Waals surface area contributed by atoms with Crippen LogP contribution in [0.3, 0.4) is 0 Å². The van der Waals surface area contributed by atoms with Crippen LogP contribution in [-0.4, -0.2) is 56.7 Å². The van der Waals surface area contributed by atoms with E-state index in [4.69, 9.17) is 14.0 Å². The quantitative estimate of drug-likeness (QED) is 0.0577. The van der Waals surface area contributed by atoms with Crippen molar-refractivity contribution in [2.24, 2.45) is 0 Å². The molecule has 0 saturated carbocycles. The highest BCUT2D eigenvalue weighted by Crippen LogP contribution is 2.18.